The SMILES string of the molecule is Cc1cccc(F)c1COC(=O)Cl. The minimum atomic E-state index is -0.928. The second kappa shape index (κ2) is 4.23. The van der Waals surface area contributed by atoms with Crippen molar-refractivity contribution in [2.75, 3.05) is 0 Å². The van der Waals surface area contributed by atoms with Crippen LogP contribution in [0.2, 0.25) is 0 Å². The van der Waals surface area contributed by atoms with Crippen LogP contribution in [-0.2, 0) is 11.3 Å². The highest BCUT2D eigenvalue weighted by atomic mass is 35.5. The summed E-state index contributed by atoms with van der Waals surface area (Å²) in [5.74, 6) is -0.391. The van der Waals surface area contributed by atoms with Crippen molar-refractivity contribution in [1.82, 2.24) is 0 Å². The van der Waals surface area contributed by atoms with Crippen LogP contribution in [0.3, 0.4) is 0 Å². The summed E-state index contributed by atoms with van der Waals surface area (Å²) in [6.07, 6.45) is 0. The van der Waals surface area contributed by atoms with Gasteiger partial charge in [-0.1, -0.05) is 12.1 Å². The first-order valence-electron chi connectivity index (χ1n) is 3.67. The second-order valence-corrected chi connectivity index (χ2v) is 2.87. The standard InChI is InChI=1S/C9H8ClFO2/c1-6-3-2-4-8(11)7(6)5-13-9(10)12/h2-4H,5H2,1H3. The van der Waals surface area contributed by atoms with Gasteiger partial charge in [0.15, 0.2) is 0 Å². The summed E-state index contributed by atoms with van der Waals surface area (Å²) in [6, 6.07) is 4.64. The summed E-state index contributed by atoms with van der Waals surface area (Å²) < 4.78 is 17.5. The van der Waals surface area contributed by atoms with Crippen LogP contribution in [0.15, 0.2) is 18.2 Å². The molecule has 0 atom stereocenters. The third-order valence-electron chi connectivity index (χ3n) is 1.68. The third kappa shape index (κ3) is 2.70. The van der Waals surface area contributed by atoms with Crippen LogP contribution < -0.4 is 0 Å². The summed E-state index contributed by atoms with van der Waals surface area (Å²) in [5.41, 5.74) is 0.164. The first-order chi connectivity index (χ1) is 6.11. The molecule has 1 rings (SSSR count). The molecule has 0 fully saturated rings. The Morgan fingerprint density at radius 1 is 1.62 bits per heavy atom. The van der Waals surface area contributed by atoms with E-state index in [0.29, 0.717) is 5.56 Å². The molecule has 0 aromatic heterocycles. The molecular weight excluding hydrogens is 195 g/mol. The van der Waals surface area contributed by atoms with Crippen LogP contribution in [-0.4, -0.2) is 5.43 Å². The van der Waals surface area contributed by atoms with Crippen molar-refractivity contribution in [3.63, 3.8) is 0 Å². The van der Waals surface area contributed by atoms with E-state index in [1.165, 1.54) is 6.07 Å². The Morgan fingerprint density at radius 2 is 2.31 bits per heavy atom. The first kappa shape index (κ1) is 9.99. The topological polar surface area (TPSA) is 26.3 Å². The van der Waals surface area contributed by atoms with Crippen LogP contribution in [0, 0.1) is 12.7 Å². The van der Waals surface area contributed by atoms with Crippen LogP contribution in [0.4, 0.5) is 9.18 Å². The molecule has 0 saturated carbocycles. The molecule has 0 aliphatic carbocycles. The number of carbonyl (C=O) groups is 1. The minimum Gasteiger partial charge on any atom is -0.449 e. The molecule has 4 heteroatoms. The van der Waals surface area contributed by atoms with Gasteiger partial charge in [0.05, 0.1) is 0 Å². The van der Waals surface area contributed by atoms with E-state index in [4.69, 9.17) is 11.6 Å². The maximum atomic E-state index is 13.1. The Balaban J connectivity index is 2.81. The quantitative estimate of drug-likeness (QED) is 0.690. The normalized spacial score (nSPS) is 9.77. The van der Waals surface area contributed by atoms with Gasteiger partial charge >= 0.3 is 5.43 Å². The number of ether oxygens (including phenoxy) is 1. The third-order valence-corrected chi connectivity index (χ3v) is 1.79. The van der Waals surface area contributed by atoms with Crippen molar-refractivity contribution in [1.29, 1.82) is 0 Å². The molecule has 13 heavy (non-hydrogen) atoms. The number of carbonyl (C=O) groups excluding carboxylic acids is 1. The van der Waals surface area contributed by atoms with E-state index in [1.54, 1.807) is 19.1 Å². The lowest BCUT2D eigenvalue weighted by Crippen LogP contribution is -2.00. The van der Waals surface area contributed by atoms with Gasteiger partial charge in [-0.15, -0.1) is 0 Å². The predicted molar refractivity (Wildman–Crippen MR) is 47.2 cm³/mol. The van der Waals surface area contributed by atoms with Gasteiger partial charge in [-0.2, -0.15) is 0 Å². The fourth-order valence-corrected chi connectivity index (χ4v) is 1.03. The van der Waals surface area contributed by atoms with Crippen molar-refractivity contribution in [2.24, 2.45) is 0 Å². The van der Waals surface area contributed by atoms with Gasteiger partial charge in [0.1, 0.15) is 12.4 Å². The molecule has 0 saturated heterocycles. The van der Waals surface area contributed by atoms with Crippen LogP contribution >= 0.6 is 11.6 Å². The summed E-state index contributed by atoms with van der Waals surface area (Å²) >= 11 is 4.95. The maximum Gasteiger partial charge on any atom is 0.404 e. The summed E-state index contributed by atoms with van der Waals surface area (Å²) in [6.45, 7) is 1.61. The van der Waals surface area contributed by atoms with Crippen LogP contribution in [0.5, 0.6) is 0 Å². The molecule has 0 amide bonds. The van der Waals surface area contributed by atoms with Crippen LogP contribution in [0.25, 0.3) is 0 Å². The molecule has 2 nitrogen and oxygen atoms in total. The number of rotatable bonds is 2. The molecule has 1 aromatic carbocycles. The van der Waals surface area contributed by atoms with E-state index < -0.39 is 11.2 Å². The lowest BCUT2D eigenvalue weighted by molar-refractivity contribution is 0.165. The minimum absolute atomic E-state index is 0.124. The number of hydrogen-bond donors (Lipinski definition) is 0. The van der Waals surface area contributed by atoms with Gasteiger partial charge in [0.2, 0.25) is 0 Å². The van der Waals surface area contributed by atoms with E-state index in [2.05, 4.69) is 4.74 Å². The molecule has 0 spiro atoms. The molecule has 70 valence electrons. The predicted octanol–water partition coefficient (Wildman–Crippen LogP) is 3.01. The van der Waals surface area contributed by atoms with Gasteiger partial charge in [-0.05, 0) is 18.6 Å². The number of benzene rings is 1. The van der Waals surface area contributed by atoms with Gasteiger partial charge < -0.3 is 4.74 Å². The largest absolute Gasteiger partial charge is 0.449 e. The molecule has 0 unspecified atom stereocenters. The van der Waals surface area contributed by atoms with Crippen molar-refractivity contribution in [3.05, 3.63) is 35.1 Å². The fourth-order valence-electron chi connectivity index (χ4n) is 0.978. The lowest BCUT2D eigenvalue weighted by Gasteiger charge is -2.05. The number of hydrogen-bond acceptors (Lipinski definition) is 2. The Morgan fingerprint density at radius 3 is 2.85 bits per heavy atom. The molecule has 1 aromatic rings. The monoisotopic (exact) mass is 202 g/mol. The summed E-state index contributed by atoms with van der Waals surface area (Å²) in [4.78, 5) is 10.3. The highest BCUT2D eigenvalue weighted by Crippen LogP contribution is 2.13. The molecule has 0 N–H and O–H groups in total. The highest BCUT2D eigenvalue weighted by Gasteiger charge is 2.06. The van der Waals surface area contributed by atoms with Crippen molar-refractivity contribution in [3.8, 4) is 0 Å². The highest BCUT2D eigenvalue weighted by molar-refractivity contribution is 6.61. The van der Waals surface area contributed by atoms with E-state index in [1.807, 2.05) is 0 Å². The fraction of sp³-hybridized carbons (Fsp3) is 0.222. The zero-order chi connectivity index (χ0) is 9.84. The van der Waals surface area contributed by atoms with E-state index in [9.17, 15) is 9.18 Å². The molecule has 0 aliphatic heterocycles. The van der Waals surface area contributed by atoms with Gasteiger partial charge in [0.25, 0.3) is 0 Å². The second-order valence-electron chi connectivity index (χ2n) is 2.56. The van der Waals surface area contributed by atoms with Crippen molar-refractivity contribution in [2.45, 2.75) is 13.5 Å². The zero-order valence-corrected chi connectivity index (χ0v) is 7.77. The molecule has 0 bridgehead atoms. The molecular formula is C9H8ClFO2. The molecule has 0 heterocycles. The summed E-state index contributed by atoms with van der Waals surface area (Å²) in [5, 5.41) is 0. The molecule has 0 aliphatic rings. The Labute approximate surface area is 80.3 Å². The van der Waals surface area contributed by atoms with E-state index >= 15 is 0 Å². The zero-order valence-electron chi connectivity index (χ0n) is 7.01. The van der Waals surface area contributed by atoms with Crippen LogP contribution in [0.1, 0.15) is 11.1 Å². The molecule has 0 radical (unpaired) electrons. The summed E-state index contributed by atoms with van der Waals surface area (Å²) in [7, 11) is 0. The van der Waals surface area contributed by atoms with Crippen molar-refractivity contribution >= 4 is 17.0 Å². The Bertz CT molecular complexity index is 305. The smallest absolute Gasteiger partial charge is 0.404 e. The Hall–Kier alpha value is -1.09. The van der Waals surface area contributed by atoms with E-state index in [0.717, 1.165) is 5.56 Å². The average molecular weight is 203 g/mol. The maximum absolute atomic E-state index is 13.1. The number of aryl methyl sites for hydroxylation is 1. The Kier molecular flexibility index (Phi) is 3.25. The first-order valence-corrected chi connectivity index (χ1v) is 4.05. The lowest BCUT2D eigenvalue weighted by atomic mass is 10.1. The average Bonchev–Trinajstić information content (AvgIpc) is 2.03. The van der Waals surface area contributed by atoms with Gasteiger partial charge in [-0.25, -0.2) is 9.18 Å². The van der Waals surface area contributed by atoms with Crippen molar-refractivity contribution < 1.29 is 13.9 Å². The van der Waals surface area contributed by atoms with E-state index in [-0.39, 0.29) is 6.61 Å². The van der Waals surface area contributed by atoms with Gasteiger partial charge in [0, 0.05) is 17.2 Å². The van der Waals surface area contributed by atoms with Gasteiger partial charge in [-0.3, -0.25) is 0 Å². The number of halogens is 2.